The number of hydrogen-bond acceptors (Lipinski definition) is 4. The number of carbonyl (C=O) groups excluding carboxylic acids is 1. The molecule has 3 aromatic rings. The Labute approximate surface area is 173 Å². The minimum absolute atomic E-state index is 0.0595. The van der Waals surface area contributed by atoms with E-state index in [9.17, 15) is 4.79 Å². The minimum Gasteiger partial charge on any atom is -0.494 e. The first-order chi connectivity index (χ1) is 13.6. The molecule has 0 aliphatic heterocycles. The van der Waals surface area contributed by atoms with Crippen LogP contribution in [-0.4, -0.2) is 27.3 Å². The van der Waals surface area contributed by atoms with Gasteiger partial charge in [0.25, 0.3) is 0 Å². The molecule has 0 spiro atoms. The summed E-state index contributed by atoms with van der Waals surface area (Å²) in [6.07, 6.45) is 0.297. The third-order valence-corrected chi connectivity index (χ3v) is 4.71. The molecule has 2 aromatic carbocycles. The Bertz CT molecular complexity index is 981. The van der Waals surface area contributed by atoms with Gasteiger partial charge in [-0.1, -0.05) is 23.7 Å². The summed E-state index contributed by atoms with van der Waals surface area (Å²) in [6.45, 7) is 3.45. The molecule has 0 radical (unpaired) electrons. The van der Waals surface area contributed by atoms with Crippen LogP contribution in [0.4, 0.5) is 0 Å². The van der Waals surface area contributed by atoms with Crippen LogP contribution in [-0.2, 0) is 17.9 Å². The second kappa shape index (κ2) is 9.52. The minimum atomic E-state index is -0.0595. The number of ether oxygens (including phenoxy) is 1. The van der Waals surface area contributed by atoms with Crippen LogP contribution < -0.4 is 10.1 Å². The number of aromatic amines is 1. The molecule has 28 heavy (non-hydrogen) atoms. The van der Waals surface area contributed by atoms with Crippen molar-refractivity contribution in [2.24, 2.45) is 0 Å². The largest absolute Gasteiger partial charge is 0.494 e. The van der Waals surface area contributed by atoms with Crippen LogP contribution in [0.2, 0.25) is 5.02 Å². The lowest BCUT2D eigenvalue weighted by Crippen LogP contribution is -2.24. The van der Waals surface area contributed by atoms with E-state index in [1.165, 1.54) is 0 Å². The first-order valence-electron chi connectivity index (χ1n) is 8.96. The third kappa shape index (κ3) is 5.21. The predicted octanol–water partition coefficient (Wildman–Crippen LogP) is 4.37. The fourth-order valence-corrected chi connectivity index (χ4v) is 3.07. The molecule has 0 fully saturated rings. The number of halogens is 1. The lowest BCUT2D eigenvalue weighted by Gasteiger charge is -2.09. The Kier molecular flexibility index (Phi) is 6.84. The molecule has 0 aliphatic rings. The second-order valence-electron chi connectivity index (χ2n) is 6.11. The van der Waals surface area contributed by atoms with Crippen LogP contribution in [0.1, 0.15) is 18.9 Å². The van der Waals surface area contributed by atoms with Gasteiger partial charge in [0.15, 0.2) is 10.6 Å². The lowest BCUT2D eigenvalue weighted by atomic mass is 10.2. The van der Waals surface area contributed by atoms with Gasteiger partial charge < -0.3 is 10.1 Å². The normalized spacial score (nSPS) is 10.6. The first-order valence-corrected chi connectivity index (χ1v) is 9.75. The zero-order valence-electron chi connectivity index (χ0n) is 15.4. The maximum Gasteiger partial charge on any atom is 0.222 e. The number of nitrogens with one attached hydrogen (secondary N) is 2. The molecule has 1 aromatic heterocycles. The molecule has 0 unspecified atom stereocenters. The second-order valence-corrected chi connectivity index (χ2v) is 6.94. The van der Waals surface area contributed by atoms with Crippen molar-refractivity contribution in [1.82, 2.24) is 20.1 Å². The first kappa shape index (κ1) is 20.1. The summed E-state index contributed by atoms with van der Waals surface area (Å²) in [5.41, 5.74) is 1.89. The quantitative estimate of drug-likeness (QED) is 0.535. The highest BCUT2D eigenvalue weighted by Gasteiger charge is 2.11. The highest BCUT2D eigenvalue weighted by Crippen LogP contribution is 2.21. The van der Waals surface area contributed by atoms with Crippen molar-refractivity contribution in [2.75, 3.05) is 6.61 Å². The van der Waals surface area contributed by atoms with Gasteiger partial charge in [-0.15, -0.1) is 0 Å². The number of carbonyl (C=O) groups is 1. The van der Waals surface area contributed by atoms with E-state index in [1.807, 2.05) is 47.9 Å². The predicted molar refractivity (Wildman–Crippen MR) is 112 cm³/mol. The SMILES string of the molecule is CCOc1ccc(-c2n[nH]c(=S)n2CCC(=O)NCc2ccc(Cl)cc2)cc1. The number of rotatable bonds is 8. The van der Waals surface area contributed by atoms with E-state index in [2.05, 4.69) is 15.5 Å². The van der Waals surface area contributed by atoms with Crippen LogP contribution in [0.25, 0.3) is 11.4 Å². The zero-order chi connectivity index (χ0) is 19.9. The van der Waals surface area contributed by atoms with E-state index in [0.717, 1.165) is 16.9 Å². The van der Waals surface area contributed by atoms with E-state index < -0.39 is 0 Å². The van der Waals surface area contributed by atoms with Crippen LogP contribution >= 0.6 is 23.8 Å². The van der Waals surface area contributed by atoms with Gasteiger partial charge in [-0.3, -0.25) is 14.5 Å². The highest BCUT2D eigenvalue weighted by molar-refractivity contribution is 7.71. The Morgan fingerprint density at radius 3 is 2.61 bits per heavy atom. The van der Waals surface area contributed by atoms with E-state index in [1.54, 1.807) is 12.1 Å². The molecular formula is C20H21ClN4O2S. The van der Waals surface area contributed by atoms with Gasteiger partial charge in [0.05, 0.1) is 6.61 Å². The van der Waals surface area contributed by atoms with Crippen molar-refractivity contribution >= 4 is 29.7 Å². The summed E-state index contributed by atoms with van der Waals surface area (Å²) in [5, 5.41) is 10.7. The Hall–Kier alpha value is -2.64. The summed E-state index contributed by atoms with van der Waals surface area (Å²) >= 11 is 11.2. The standard InChI is InChI=1S/C20H21ClN4O2S/c1-2-27-17-9-5-15(6-10-17)19-23-24-20(28)25(19)12-11-18(26)22-13-14-3-7-16(21)8-4-14/h3-10H,2,11-13H2,1H3,(H,22,26)(H,24,28). The lowest BCUT2D eigenvalue weighted by molar-refractivity contribution is -0.121. The van der Waals surface area contributed by atoms with Crippen molar-refractivity contribution in [3.63, 3.8) is 0 Å². The fourth-order valence-electron chi connectivity index (χ4n) is 2.72. The molecule has 0 saturated carbocycles. The van der Waals surface area contributed by atoms with Gasteiger partial charge in [0.1, 0.15) is 5.75 Å². The molecule has 0 atom stereocenters. The third-order valence-electron chi connectivity index (χ3n) is 4.15. The molecule has 1 heterocycles. The van der Waals surface area contributed by atoms with Crippen molar-refractivity contribution in [3.8, 4) is 17.1 Å². The fraction of sp³-hybridized carbons (Fsp3) is 0.250. The van der Waals surface area contributed by atoms with Gasteiger partial charge in [0.2, 0.25) is 5.91 Å². The summed E-state index contributed by atoms with van der Waals surface area (Å²) in [7, 11) is 0. The average Bonchev–Trinajstić information content (AvgIpc) is 3.07. The highest BCUT2D eigenvalue weighted by atomic mass is 35.5. The van der Waals surface area contributed by atoms with Gasteiger partial charge in [-0.05, 0) is 61.1 Å². The molecule has 0 saturated heterocycles. The van der Waals surface area contributed by atoms with Gasteiger partial charge in [0, 0.05) is 30.1 Å². The van der Waals surface area contributed by atoms with E-state index in [4.69, 9.17) is 28.6 Å². The van der Waals surface area contributed by atoms with Gasteiger partial charge in [-0.25, -0.2) is 0 Å². The molecule has 8 heteroatoms. The van der Waals surface area contributed by atoms with E-state index in [-0.39, 0.29) is 5.91 Å². The maximum absolute atomic E-state index is 12.2. The summed E-state index contributed by atoms with van der Waals surface area (Å²) in [6, 6.07) is 15.0. The molecule has 0 bridgehead atoms. The van der Waals surface area contributed by atoms with Crippen LogP contribution in [0, 0.1) is 4.77 Å². The topological polar surface area (TPSA) is 71.9 Å². The average molecular weight is 417 g/mol. The van der Waals surface area contributed by atoms with Gasteiger partial charge in [-0.2, -0.15) is 5.10 Å². The Morgan fingerprint density at radius 1 is 1.21 bits per heavy atom. The van der Waals surface area contributed by atoms with Crippen LogP contribution in [0.5, 0.6) is 5.75 Å². The molecule has 1 amide bonds. The number of H-pyrrole nitrogens is 1. The molecule has 0 aliphatic carbocycles. The number of benzene rings is 2. The van der Waals surface area contributed by atoms with E-state index in [0.29, 0.717) is 41.7 Å². The number of hydrogen-bond donors (Lipinski definition) is 2. The van der Waals surface area contributed by atoms with Crippen molar-refractivity contribution < 1.29 is 9.53 Å². The smallest absolute Gasteiger partial charge is 0.222 e. The number of amides is 1. The zero-order valence-corrected chi connectivity index (χ0v) is 17.0. The van der Waals surface area contributed by atoms with Crippen LogP contribution in [0.3, 0.4) is 0 Å². The monoisotopic (exact) mass is 416 g/mol. The Balaban J connectivity index is 1.61. The summed E-state index contributed by atoms with van der Waals surface area (Å²) in [4.78, 5) is 12.2. The van der Waals surface area contributed by atoms with Crippen molar-refractivity contribution in [2.45, 2.75) is 26.4 Å². The molecule has 146 valence electrons. The van der Waals surface area contributed by atoms with E-state index >= 15 is 0 Å². The molecule has 3 rings (SSSR count). The number of nitrogens with zero attached hydrogens (tertiary/aromatic N) is 2. The van der Waals surface area contributed by atoms with Crippen molar-refractivity contribution in [1.29, 1.82) is 0 Å². The maximum atomic E-state index is 12.2. The number of aromatic nitrogens is 3. The molecular weight excluding hydrogens is 396 g/mol. The van der Waals surface area contributed by atoms with Gasteiger partial charge >= 0.3 is 0 Å². The van der Waals surface area contributed by atoms with Crippen LogP contribution in [0.15, 0.2) is 48.5 Å². The molecule has 6 nitrogen and oxygen atoms in total. The molecule has 2 N–H and O–H groups in total. The Morgan fingerprint density at radius 2 is 1.93 bits per heavy atom. The summed E-state index contributed by atoms with van der Waals surface area (Å²) in [5.74, 6) is 1.43. The van der Waals surface area contributed by atoms with Crippen molar-refractivity contribution in [3.05, 3.63) is 63.9 Å². The summed E-state index contributed by atoms with van der Waals surface area (Å²) < 4.78 is 7.77.